The van der Waals surface area contributed by atoms with E-state index in [0.717, 1.165) is 0 Å². The molecule has 0 fully saturated rings. The van der Waals surface area contributed by atoms with Gasteiger partial charge in [0, 0.05) is 12.7 Å². The Morgan fingerprint density at radius 1 is 1.45 bits per heavy atom. The maximum absolute atomic E-state index is 13.7. The number of aromatic nitrogens is 2. The van der Waals surface area contributed by atoms with Gasteiger partial charge in [-0.3, -0.25) is 4.79 Å². The summed E-state index contributed by atoms with van der Waals surface area (Å²) in [5.41, 5.74) is -0.776. The Hall–Kier alpha value is -2.21. The third kappa shape index (κ3) is 2.55. The molecular weight excluding hydrogens is 263 g/mol. The highest BCUT2D eigenvalue weighted by molar-refractivity contribution is 5.67. The predicted octanol–water partition coefficient (Wildman–Crippen LogP) is 2.38. The number of aromatic amines is 1. The fourth-order valence-electron chi connectivity index (χ4n) is 2.01. The number of hydrogen-bond donors (Lipinski definition) is 2. The molecule has 0 saturated carbocycles. The summed E-state index contributed by atoms with van der Waals surface area (Å²) in [5.74, 6) is -0.886. The molecule has 0 saturated heterocycles. The summed E-state index contributed by atoms with van der Waals surface area (Å²) < 4.78 is 18.9. The van der Waals surface area contributed by atoms with Crippen LogP contribution in [0.4, 0.5) is 4.39 Å². The van der Waals surface area contributed by atoms with Gasteiger partial charge in [0.2, 0.25) is 5.88 Å². The molecular formula is C14H15FN2O3. The lowest BCUT2D eigenvalue weighted by Gasteiger charge is -2.13. The molecule has 5 nitrogen and oxygen atoms in total. The van der Waals surface area contributed by atoms with E-state index in [1.807, 2.05) is 6.92 Å². The molecule has 2 N–H and O–H groups in total. The second-order valence-corrected chi connectivity index (χ2v) is 4.26. The average molecular weight is 278 g/mol. The Morgan fingerprint density at radius 3 is 2.70 bits per heavy atom. The summed E-state index contributed by atoms with van der Waals surface area (Å²) in [7, 11) is 1.48. The number of nitrogens with one attached hydrogen (secondary N) is 1. The van der Waals surface area contributed by atoms with Crippen molar-refractivity contribution < 1.29 is 14.2 Å². The molecule has 1 heterocycles. The van der Waals surface area contributed by atoms with Crippen LogP contribution in [0.15, 0.2) is 29.1 Å². The lowest BCUT2D eigenvalue weighted by molar-refractivity contribution is 0.0918. The van der Waals surface area contributed by atoms with Crippen LogP contribution in [0, 0.1) is 5.82 Å². The second-order valence-electron chi connectivity index (χ2n) is 4.26. The monoisotopic (exact) mass is 278 g/mol. The lowest BCUT2D eigenvalue weighted by Crippen LogP contribution is -2.17. The van der Waals surface area contributed by atoms with E-state index in [2.05, 4.69) is 9.97 Å². The number of nitrogens with zero attached hydrogens (tertiary/aromatic N) is 1. The van der Waals surface area contributed by atoms with Crippen molar-refractivity contribution in [3.63, 3.8) is 0 Å². The van der Waals surface area contributed by atoms with Gasteiger partial charge in [0.05, 0.1) is 0 Å². The Morgan fingerprint density at radius 2 is 2.15 bits per heavy atom. The van der Waals surface area contributed by atoms with Crippen molar-refractivity contribution in [2.75, 3.05) is 7.11 Å². The first-order chi connectivity index (χ1) is 9.58. The van der Waals surface area contributed by atoms with Gasteiger partial charge in [0.15, 0.2) is 0 Å². The van der Waals surface area contributed by atoms with E-state index in [4.69, 9.17) is 4.74 Å². The number of benzene rings is 1. The summed E-state index contributed by atoms with van der Waals surface area (Å²) in [6.07, 6.45) is 0.154. The standard InChI is InChI=1S/C14H15FN2O3/c1-3-10(20-2)12-16-13(18)11(14(19)17-12)8-6-4-5-7-9(8)15/h4-7,10H,3H2,1-2H3,(H2,16,17,18,19). The summed E-state index contributed by atoms with van der Waals surface area (Å²) >= 11 is 0. The zero-order valence-corrected chi connectivity index (χ0v) is 11.2. The fraction of sp³-hybridized carbons (Fsp3) is 0.286. The average Bonchev–Trinajstić information content (AvgIpc) is 2.41. The molecule has 0 bridgehead atoms. The molecule has 2 aromatic rings. The largest absolute Gasteiger partial charge is 0.493 e. The molecule has 1 aromatic carbocycles. The van der Waals surface area contributed by atoms with Gasteiger partial charge < -0.3 is 14.8 Å². The van der Waals surface area contributed by atoms with Crippen molar-refractivity contribution in [2.45, 2.75) is 19.4 Å². The van der Waals surface area contributed by atoms with E-state index >= 15 is 0 Å². The first kappa shape index (κ1) is 14.2. The van der Waals surface area contributed by atoms with Crippen LogP contribution in [0.5, 0.6) is 5.88 Å². The minimum atomic E-state index is -0.604. The van der Waals surface area contributed by atoms with Crippen LogP contribution in [0.1, 0.15) is 25.3 Å². The number of H-pyrrole nitrogens is 1. The lowest BCUT2D eigenvalue weighted by atomic mass is 10.1. The van der Waals surface area contributed by atoms with E-state index < -0.39 is 23.4 Å². The van der Waals surface area contributed by atoms with Crippen LogP contribution >= 0.6 is 0 Å². The molecule has 20 heavy (non-hydrogen) atoms. The van der Waals surface area contributed by atoms with Gasteiger partial charge in [0.1, 0.15) is 23.3 Å². The highest BCUT2D eigenvalue weighted by Crippen LogP contribution is 2.27. The van der Waals surface area contributed by atoms with Crippen molar-refractivity contribution in [1.82, 2.24) is 9.97 Å². The molecule has 106 valence electrons. The number of methoxy groups -OCH3 is 1. The van der Waals surface area contributed by atoms with Crippen molar-refractivity contribution in [3.8, 4) is 17.0 Å². The maximum atomic E-state index is 13.7. The van der Waals surface area contributed by atoms with Crippen LogP contribution in [-0.2, 0) is 4.74 Å². The Labute approximate surface area is 115 Å². The molecule has 1 atom stereocenters. The number of hydrogen-bond acceptors (Lipinski definition) is 4. The molecule has 0 spiro atoms. The third-order valence-electron chi connectivity index (χ3n) is 3.02. The van der Waals surface area contributed by atoms with Crippen LogP contribution in [0.3, 0.4) is 0 Å². The van der Waals surface area contributed by atoms with E-state index in [0.29, 0.717) is 6.42 Å². The Balaban J connectivity index is 2.58. The third-order valence-corrected chi connectivity index (χ3v) is 3.02. The van der Waals surface area contributed by atoms with Gasteiger partial charge in [-0.1, -0.05) is 25.1 Å². The van der Waals surface area contributed by atoms with E-state index in [1.54, 1.807) is 6.07 Å². The van der Waals surface area contributed by atoms with Crippen LogP contribution in [0.25, 0.3) is 11.1 Å². The van der Waals surface area contributed by atoms with Gasteiger partial charge >= 0.3 is 0 Å². The predicted molar refractivity (Wildman–Crippen MR) is 72.0 cm³/mol. The molecule has 1 unspecified atom stereocenters. The van der Waals surface area contributed by atoms with Crippen LogP contribution < -0.4 is 5.56 Å². The van der Waals surface area contributed by atoms with Gasteiger partial charge in [-0.2, -0.15) is 4.98 Å². The summed E-state index contributed by atoms with van der Waals surface area (Å²) in [6.45, 7) is 1.86. The van der Waals surface area contributed by atoms with E-state index in [9.17, 15) is 14.3 Å². The van der Waals surface area contributed by atoms with Gasteiger partial charge in [-0.15, -0.1) is 0 Å². The summed E-state index contributed by atoms with van der Waals surface area (Å²) in [5, 5.41) is 9.94. The van der Waals surface area contributed by atoms with Crippen LogP contribution in [-0.4, -0.2) is 22.2 Å². The topological polar surface area (TPSA) is 75.2 Å². The van der Waals surface area contributed by atoms with Crippen LogP contribution in [0.2, 0.25) is 0 Å². The number of ether oxygens (including phenoxy) is 1. The van der Waals surface area contributed by atoms with Gasteiger partial charge in [0.25, 0.3) is 5.56 Å². The maximum Gasteiger partial charge on any atom is 0.262 e. The number of aromatic hydroxyl groups is 1. The normalized spacial score (nSPS) is 12.3. The zero-order valence-electron chi connectivity index (χ0n) is 11.2. The Kier molecular flexibility index (Phi) is 4.14. The minimum Gasteiger partial charge on any atom is -0.493 e. The number of rotatable bonds is 4. The highest BCUT2D eigenvalue weighted by atomic mass is 19.1. The molecule has 1 aromatic heterocycles. The van der Waals surface area contributed by atoms with Crippen molar-refractivity contribution in [3.05, 3.63) is 46.3 Å². The summed E-state index contributed by atoms with van der Waals surface area (Å²) in [6, 6.07) is 5.71. The molecule has 0 radical (unpaired) electrons. The first-order valence-corrected chi connectivity index (χ1v) is 6.19. The molecule has 0 aliphatic carbocycles. The second kappa shape index (κ2) is 5.83. The first-order valence-electron chi connectivity index (χ1n) is 6.19. The SMILES string of the molecule is CCC(OC)c1nc(O)c(-c2ccccc2F)c(=O)[nH]1. The van der Waals surface area contributed by atoms with E-state index in [-0.39, 0.29) is 17.0 Å². The molecule has 0 amide bonds. The van der Waals surface area contributed by atoms with Crippen molar-refractivity contribution in [1.29, 1.82) is 0 Å². The van der Waals surface area contributed by atoms with Crippen molar-refractivity contribution >= 4 is 0 Å². The van der Waals surface area contributed by atoms with E-state index in [1.165, 1.54) is 25.3 Å². The molecule has 0 aliphatic heterocycles. The molecule has 0 aliphatic rings. The van der Waals surface area contributed by atoms with Crippen molar-refractivity contribution in [2.24, 2.45) is 0 Å². The minimum absolute atomic E-state index is 0.00997. The smallest absolute Gasteiger partial charge is 0.262 e. The highest BCUT2D eigenvalue weighted by Gasteiger charge is 2.19. The quantitative estimate of drug-likeness (QED) is 0.900. The fourth-order valence-corrected chi connectivity index (χ4v) is 2.01. The summed E-state index contributed by atoms with van der Waals surface area (Å²) in [4.78, 5) is 18.5. The van der Waals surface area contributed by atoms with Gasteiger partial charge in [-0.25, -0.2) is 4.39 Å². The molecule has 6 heteroatoms. The van der Waals surface area contributed by atoms with Gasteiger partial charge in [-0.05, 0) is 12.5 Å². The molecule has 2 rings (SSSR count). The Bertz CT molecular complexity index is 666. The zero-order chi connectivity index (χ0) is 14.7. The number of halogens is 1.